The zero-order chi connectivity index (χ0) is 12.6. The minimum Gasteiger partial charge on any atom is -0.505 e. The van der Waals surface area contributed by atoms with Crippen molar-refractivity contribution in [3.8, 4) is 34.1 Å². The first kappa shape index (κ1) is 11.1. The van der Waals surface area contributed by atoms with Crippen LogP contribution in [0.3, 0.4) is 0 Å². The second kappa shape index (κ2) is 3.86. The van der Waals surface area contributed by atoms with Gasteiger partial charge in [0, 0.05) is 5.56 Å². The van der Waals surface area contributed by atoms with Crippen molar-refractivity contribution in [1.82, 2.24) is 0 Å². The molecule has 17 heavy (non-hydrogen) atoms. The molecule has 0 fully saturated rings. The fourth-order valence-electron chi connectivity index (χ4n) is 1.48. The van der Waals surface area contributed by atoms with E-state index in [9.17, 15) is 14.6 Å². The second-order valence-corrected chi connectivity index (χ2v) is 3.50. The Hall–Kier alpha value is -2.43. The van der Waals surface area contributed by atoms with Gasteiger partial charge in [-0.1, -0.05) is 6.07 Å². The van der Waals surface area contributed by atoms with Crippen LogP contribution in [0.1, 0.15) is 0 Å². The largest absolute Gasteiger partial charge is 0.505 e. The minimum atomic E-state index is -1.13. The lowest BCUT2D eigenvalue weighted by Crippen LogP contribution is -1.84. The Kier molecular flexibility index (Phi) is 2.51. The molecule has 0 spiro atoms. The number of halogens is 1. The molecule has 0 aliphatic heterocycles. The van der Waals surface area contributed by atoms with Gasteiger partial charge in [0.25, 0.3) is 0 Å². The fraction of sp³-hybridized carbons (Fsp3) is 0. The lowest BCUT2D eigenvalue weighted by Gasteiger charge is -2.07. The van der Waals surface area contributed by atoms with Gasteiger partial charge in [-0.2, -0.15) is 4.39 Å². The highest BCUT2D eigenvalue weighted by Gasteiger charge is 2.14. The van der Waals surface area contributed by atoms with Gasteiger partial charge in [0.1, 0.15) is 0 Å². The molecule has 0 saturated heterocycles. The summed E-state index contributed by atoms with van der Waals surface area (Å²) in [5.41, 5.74) is 0.423. The summed E-state index contributed by atoms with van der Waals surface area (Å²) in [6.07, 6.45) is 0. The van der Waals surface area contributed by atoms with Crippen molar-refractivity contribution in [2.75, 3.05) is 0 Å². The molecule has 0 radical (unpaired) electrons. The van der Waals surface area contributed by atoms with Gasteiger partial charge >= 0.3 is 0 Å². The molecule has 0 aliphatic rings. The summed E-state index contributed by atoms with van der Waals surface area (Å²) in [5, 5.41) is 37.0. The highest BCUT2D eigenvalue weighted by atomic mass is 19.1. The molecule has 88 valence electrons. The van der Waals surface area contributed by atoms with E-state index in [2.05, 4.69) is 0 Å². The summed E-state index contributed by atoms with van der Waals surface area (Å²) in [6.45, 7) is 0. The Balaban J connectivity index is 2.61. The molecule has 0 saturated carbocycles. The quantitative estimate of drug-likeness (QED) is 0.573. The molecule has 0 aromatic heterocycles. The molecule has 2 rings (SSSR count). The molecule has 5 heteroatoms. The van der Waals surface area contributed by atoms with Crippen LogP contribution in [0.15, 0.2) is 30.3 Å². The summed E-state index contributed by atoms with van der Waals surface area (Å²) < 4.78 is 13.2. The van der Waals surface area contributed by atoms with Crippen molar-refractivity contribution in [3.05, 3.63) is 36.1 Å². The Bertz CT molecular complexity index is 581. The van der Waals surface area contributed by atoms with Gasteiger partial charge < -0.3 is 20.4 Å². The molecule has 0 aliphatic carbocycles. The molecule has 0 atom stereocenters. The van der Waals surface area contributed by atoms with Gasteiger partial charge in [-0.05, 0) is 29.8 Å². The normalized spacial score (nSPS) is 10.4. The van der Waals surface area contributed by atoms with Crippen molar-refractivity contribution in [1.29, 1.82) is 0 Å². The number of benzene rings is 2. The van der Waals surface area contributed by atoms with Gasteiger partial charge in [-0.25, -0.2) is 0 Å². The predicted octanol–water partition coefficient (Wildman–Crippen LogP) is 2.32. The Morgan fingerprint density at radius 2 is 1.41 bits per heavy atom. The molecule has 2 aromatic carbocycles. The predicted molar refractivity (Wildman–Crippen MR) is 58.5 cm³/mol. The van der Waals surface area contributed by atoms with Crippen LogP contribution in [-0.2, 0) is 0 Å². The summed E-state index contributed by atoms with van der Waals surface area (Å²) in [5.74, 6) is -3.19. The second-order valence-electron chi connectivity index (χ2n) is 3.50. The first-order valence-electron chi connectivity index (χ1n) is 4.73. The molecule has 0 unspecified atom stereocenters. The molecule has 0 amide bonds. The maximum absolute atomic E-state index is 13.2. The van der Waals surface area contributed by atoms with Crippen molar-refractivity contribution in [2.24, 2.45) is 0 Å². The SMILES string of the molecule is Oc1ccc(-c2ccc(O)c(F)c2O)cc1O. The number of phenols is 4. The van der Waals surface area contributed by atoms with E-state index in [1.807, 2.05) is 0 Å². The summed E-state index contributed by atoms with van der Waals surface area (Å²) in [7, 11) is 0. The van der Waals surface area contributed by atoms with E-state index in [4.69, 9.17) is 10.2 Å². The number of hydrogen-bond acceptors (Lipinski definition) is 4. The van der Waals surface area contributed by atoms with Gasteiger partial charge in [-0.15, -0.1) is 0 Å². The number of rotatable bonds is 1. The van der Waals surface area contributed by atoms with E-state index in [-0.39, 0.29) is 17.1 Å². The lowest BCUT2D eigenvalue weighted by molar-refractivity contribution is 0.390. The minimum absolute atomic E-state index is 0.107. The molecular formula is C12H9FO4. The van der Waals surface area contributed by atoms with Crippen LogP contribution in [0.25, 0.3) is 11.1 Å². The van der Waals surface area contributed by atoms with Crippen molar-refractivity contribution < 1.29 is 24.8 Å². The van der Waals surface area contributed by atoms with E-state index in [0.29, 0.717) is 5.56 Å². The van der Waals surface area contributed by atoms with Gasteiger partial charge in [0.2, 0.25) is 5.82 Å². The Labute approximate surface area is 95.8 Å². The van der Waals surface area contributed by atoms with Crippen LogP contribution in [-0.4, -0.2) is 20.4 Å². The molecule has 4 nitrogen and oxygen atoms in total. The van der Waals surface area contributed by atoms with Crippen LogP contribution in [0.5, 0.6) is 23.0 Å². The van der Waals surface area contributed by atoms with E-state index >= 15 is 0 Å². The third-order valence-corrected chi connectivity index (χ3v) is 2.38. The maximum atomic E-state index is 13.2. The standard InChI is InChI=1S/C12H9FO4/c13-11-9(15)4-2-7(12(11)17)6-1-3-8(14)10(16)5-6/h1-5,14-17H. The number of hydrogen-bond donors (Lipinski definition) is 4. The van der Waals surface area contributed by atoms with Crippen LogP contribution < -0.4 is 0 Å². The summed E-state index contributed by atoms with van der Waals surface area (Å²) in [6, 6.07) is 6.20. The molecule has 0 bridgehead atoms. The average molecular weight is 236 g/mol. The van der Waals surface area contributed by atoms with Crippen molar-refractivity contribution >= 4 is 0 Å². The summed E-state index contributed by atoms with van der Waals surface area (Å²) >= 11 is 0. The van der Waals surface area contributed by atoms with Crippen molar-refractivity contribution in [2.45, 2.75) is 0 Å². The van der Waals surface area contributed by atoms with E-state index in [1.165, 1.54) is 24.3 Å². The van der Waals surface area contributed by atoms with Crippen LogP contribution in [0.4, 0.5) is 4.39 Å². The third kappa shape index (κ3) is 1.82. The lowest BCUT2D eigenvalue weighted by atomic mass is 10.0. The highest BCUT2D eigenvalue weighted by molar-refractivity contribution is 5.73. The number of aromatic hydroxyl groups is 4. The van der Waals surface area contributed by atoms with Crippen LogP contribution in [0, 0.1) is 5.82 Å². The van der Waals surface area contributed by atoms with Gasteiger partial charge in [0.15, 0.2) is 23.0 Å². The van der Waals surface area contributed by atoms with Crippen molar-refractivity contribution in [3.63, 3.8) is 0 Å². The average Bonchev–Trinajstić information content (AvgIpc) is 2.30. The maximum Gasteiger partial charge on any atom is 0.206 e. The molecular weight excluding hydrogens is 227 g/mol. The molecule has 4 N–H and O–H groups in total. The topological polar surface area (TPSA) is 80.9 Å². The first-order valence-corrected chi connectivity index (χ1v) is 4.73. The number of phenolic OH excluding ortho intramolecular Hbond substituents is 4. The Morgan fingerprint density at radius 3 is 2.06 bits per heavy atom. The zero-order valence-corrected chi connectivity index (χ0v) is 8.55. The van der Waals surface area contributed by atoms with Gasteiger partial charge in [0.05, 0.1) is 0 Å². The van der Waals surface area contributed by atoms with Gasteiger partial charge in [-0.3, -0.25) is 0 Å². The van der Waals surface area contributed by atoms with E-state index in [1.54, 1.807) is 0 Å². The van der Waals surface area contributed by atoms with Crippen LogP contribution in [0.2, 0.25) is 0 Å². The smallest absolute Gasteiger partial charge is 0.206 e. The van der Waals surface area contributed by atoms with Crippen LogP contribution >= 0.6 is 0 Å². The van der Waals surface area contributed by atoms with E-state index < -0.39 is 17.3 Å². The molecule has 2 aromatic rings. The fourth-order valence-corrected chi connectivity index (χ4v) is 1.48. The zero-order valence-electron chi connectivity index (χ0n) is 8.55. The van der Waals surface area contributed by atoms with E-state index in [0.717, 1.165) is 6.07 Å². The Morgan fingerprint density at radius 1 is 0.765 bits per heavy atom. The monoisotopic (exact) mass is 236 g/mol. The first-order chi connectivity index (χ1) is 8.00. The summed E-state index contributed by atoms with van der Waals surface area (Å²) in [4.78, 5) is 0. The highest BCUT2D eigenvalue weighted by Crippen LogP contribution is 2.38. The third-order valence-electron chi connectivity index (χ3n) is 2.38. The molecule has 0 heterocycles.